The number of carbonyl (C=O) groups is 1. The highest BCUT2D eigenvalue weighted by molar-refractivity contribution is 6.31. The van der Waals surface area contributed by atoms with E-state index in [1.165, 1.54) is 7.11 Å². The lowest BCUT2D eigenvalue weighted by Crippen LogP contribution is -2.14. The van der Waals surface area contributed by atoms with Crippen LogP contribution in [0.25, 0.3) is 0 Å². The Hall–Kier alpha value is -2.01. The van der Waals surface area contributed by atoms with Gasteiger partial charge in [-0.2, -0.15) is 0 Å². The molecule has 5 nitrogen and oxygen atoms in total. The van der Waals surface area contributed by atoms with E-state index in [0.717, 1.165) is 0 Å². The Morgan fingerprint density at radius 2 is 2.35 bits per heavy atom. The fourth-order valence-electron chi connectivity index (χ4n) is 1.37. The number of carbonyl (C=O) groups excluding carboxylic acids is 1. The first-order valence-corrected chi connectivity index (χ1v) is 5.23. The third kappa shape index (κ3) is 2.57. The molecule has 1 amide bonds. The summed E-state index contributed by atoms with van der Waals surface area (Å²) in [5.41, 5.74) is 0.358. The Morgan fingerprint density at radius 3 is 3.00 bits per heavy atom. The molecule has 88 valence electrons. The molecule has 6 heteroatoms. The molecule has 0 aliphatic carbocycles. The highest BCUT2D eigenvalue weighted by Crippen LogP contribution is 2.23. The molecule has 1 aromatic carbocycles. The zero-order valence-corrected chi connectivity index (χ0v) is 9.78. The molecule has 17 heavy (non-hydrogen) atoms. The largest absolute Gasteiger partial charge is 0.496 e. The molecule has 0 spiro atoms. The Balaban J connectivity index is 2.26. The van der Waals surface area contributed by atoms with Crippen LogP contribution in [0.4, 0.5) is 5.95 Å². The van der Waals surface area contributed by atoms with Crippen LogP contribution in [0.1, 0.15) is 10.4 Å². The summed E-state index contributed by atoms with van der Waals surface area (Å²) in [5.74, 6) is 0.495. The van der Waals surface area contributed by atoms with E-state index in [-0.39, 0.29) is 5.91 Å². The van der Waals surface area contributed by atoms with Crippen molar-refractivity contribution in [2.75, 3.05) is 12.4 Å². The molecule has 1 aromatic heterocycles. The van der Waals surface area contributed by atoms with E-state index < -0.39 is 0 Å². The normalized spacial score (nSPS) is 10.0. The van der Waals surface area contributed by atoms with Gasteiger partial charge in [0.15, 0.2) is 0 Å². The Kier molecular flexibility index (Phi) is 3.30. The average molecular weight is 252 g/mol. The summed E-state index contributed by atoms with van der Waals surface area (Å²) in [6, 6.07) is 4.84. The zero-order valence-electron chi connectivity index (χ0n) is 9.03. The number of amides is 1. The molecule has 2 aromatic rings. The van der Waals surface area contributed by atoms with Crippen molar-refractivity contribution in [3.05, 3.63) is 41.2 Å². The number of imidazole rings is 1. The van der Waals surface area contributed by atoms with Crippen LogP contribution in [0, 0.1) is 0 Å². The number of aromatic amines is 1. The number of anilines is 1. The molecule has 0 unspecified atom stereocenters. The number of rotatable bonds is 3. The molecule has 0 saturated heterocycles. The van der Waals surface area contributed by atoms with E-state index in [1.807, 2.05) is 0 Å². The summed E-state index contributed by atoms with van der Waals surface area (Å²) in [7, 11) is 1.49. The predicted molar refractivity (Wildman–Crippen MR) is 64.5 cm³/mol. The molecule has 0 radical (unpaired) electrons. The van der Waals surface area contributed by atoms with Gasteiger partial charge in [0.2, 0.25) is 5.95 Å². The van der Waals surface area contributed by atoms with E-state index in [9.17, 15) is 4.79 Å². The first-order chi connectivity index (χ1) is 8.20. The number of halogens is 1. The Bertz CT molecular complexity index is 526. The van der Waals surface area contributed by atoms with Gasteiger partial charge < -0.3 is 9.72 Å². The van der Waals surface area contributed by atoms with Gasteiger partial charge in [0, 0.05) is 17.4 Å². The second-order valence-corrected chi connectivity index (χ2v) is 3.67. The molecular weight excluding hydrogens is 242 g/mol. The van der Waals surface area contributed by atoms with E-state index in [0.29, 0.717) is 22.3 Å². The van der Waals surface area contributed by atoms with Gasteiger partial charge in [0.1, 0.15) is 5.75 Å². The maximum atomic E-state index is 11.9. The van der Waals surface area contributed by atoms with Gasteiger partial charge in [-0.25, -0.2) is 4.98 Å². The van der Waals surface area contributed by atoms with Crippen LogP contribution in [-0.4, -0.2) is 23.0 Å². The molecule has 0 saturated carbocycles. The quantitative estimate of drug-likeness (QED) is 0.880. The van der Waals surface area contributed by atoms with Crippen molar-refractivity contribution in [2.24, 2.45) is 0 Å². The van der Waals surface area contributed by atoms with Crippen molar-refractivity contribution in [3.63, 3.8) is 0 Å². The van der Waals surface area contributed by atoms with E-state index in [4.69, 9.17) is 16.3 Å². The fourth-order valence-corrected chi connectivity index (χ4v) is 1.54. The van der Waals surface area contributed by atoms with Crippen molar-refractivity contribution in [1.82, 2.24) is 9.97 Å². The number of hydrogen-bond donors (Lipinski definition) is 2. The number of benzene rings is 1. The van der Waals surface area contributed by atoms with Gasteiger partial charge in [-0.15, -0.1) is 0 Å². The van der Waals surface area contributed by atoms with Crippen molar-refractivity contribution in [2.45, 2.75) is 0 Å². The summed E-state index contributed by atoms with van der Waals surface area (Å²) in [5, 5.41) is 3.06. The Morgan fingerprint density at radius 1 is 1.53 bits per heavy atom. The first-order valence-electron chi connectivity index (χ1n) is 4.85. The summed E-state index contributed by atoms with van der Waals surface area (Å²) in [4.78, 5) is 18.6. The molecule has 2 rings (SSSR count). The van der Waals surface area contributed by atoms with Crippen LogP contribution in [-0.2, 0) is 0 Å². The van der Waals surface area contributed by atoms with Crippen molar-refractivity contribution < 1.29 is 9.53 Å². The number of aromatic nitrogens is 2. The van der Waals surface area contributed by atoms with Crippen LogP contribution < -0.4 is 10.1 Å². The van der Waals surface area contributed by atoms with Crippen LogP contribution in [0.15, 0.2) is 30.6 Å². The SMILES string of the molecule is COc1ccc(Cl)cc1C(=O)Nc1ncc[nH]1. The number of H-pyrrole nitrogens is 1. The molecule has 0 aliphatic rings. The number of hydrogen-bond acceptors (Lipinski definition) is 3. The maximum Gasteiger partial charge on any atom is 0.261 e. The second kappa shape index (κ2) is 4.88. The summed E-state index contributed by atoms with van der Waals surface area (Å²) < 4.78 is 5.09. The highest BCUT2D eigenvalue weighted by atomic mass is 35.5. The Labute approximate surface area is 103 Å². The smallest absolute Gasteiger partial charge is 0.261 e. The number of ether oxygens (including phenoxy) is 1. The third-order valence-electron chi connectivity index (χ3n) is 2.14. The molecule has 1 heterocycles. The van der Waals surface area contributed by atoms with Gasteiger partial charge in [-0.1, -0.05) is 11.6 Å². The fraction of sp³-hybridized carbons (Fsp3) is 0.0909. The van der Waals surface area contributed by atoms with Crippen LogP contribution in [0.2, 0.25) is 5.02 Å². The third-order valence-corrected chi connectivity index (χ3v) is 2.37. The summed E-state index contributed by atoms with van der Waals surface area (Å²) >= 11 is 5.84. The van der Waals surface area contributed by atoms with Crippen LogP contribution in [0.3, 0.4) is 0 Å². The van der Waals surface area contributed by atoms with Crippen LogP contribution in [0.5, 0.6) is 5.75 Å². The lowest BCUT2D eigenvalue weighted by atomic mass is 10.2. The number of methoxy groups -OCH3 is 1. The van der Waals surface area contributed by atoms with Gasteiger partial charge >= 0.3 is 0 Å². The van der Waals surface area contributed by atoms with Gasteiger partial charge in [0.25, 0.3) is 5.91 Å². The molecular formula is C11H10ClN3O2. The van der Waals surface area contributed by atoms with Crippen LogP contribution >= 0.6 is 11.6 Å². The van der Waals surface area contributed by atoms with Crippen molar-refractivity contribution >= 4 is 23.5 Å². The van der Waals surface area contributed by atoms with Crippen molar-refractivity contribution in [3.8, 4) is 5.75 Å². The second-order valence-electron chi connectivity index (χ2n) is 3.24. The van der Waals surface area contributed by atoms with Gasteiger partial charge in [-0.3, -0.25) is 10.1 Å². The number of nitrogens with zero attached hydrogens (tertiary/aromatic N) is 1. The van der Waals surface area contributed by atoms with Crippen molar-refractivity contribution in [1.29, 1.82) is 0 Å². The summed E-state index contributed by atoms with van der Waals surface area (Å²) in [6.07, 6.45) is 3.16. The van der Waals surface area contributed by atoms with Gasteiger partial charge in [0.05, 0.1) is 12.7 Å². The molecule has 0 aliphatic heterocycles. The minimum Gasteiger partial charge on any atom is -0.496 e. The molecule has 0 fully saturated rings. The minimum atomic E-state index is -0.334. The maximum absolute atomic E-state index is 11.9. The lowest BCUT2D eigenvalue weighted by Gasteiger charge is -2.08. The molecule has 0 bridgehead atoms. The minimum absolute atomic E-state index is 0.334. The topological polar surface area (TPSA) is 67.0 Å². The molecule has 0 atom stereocenters. The van der Waals surface area contributed by atoms with E-state index >= 15 is 0 Å². The van der Waals surface area contributed by atoms with E-state index in [2.05, 4.69) is 15.3 Å². The lowest BCUT2D eigenvalue weighted by molar-refractivity contribution is 0.102. The monoisotopic (exact) mass is 251 g/mol. The standard InChI is InChI=1S/C11H10ClN3O2/c1-17-9-3-2-7(12)6-8(9)10(16)15-11-13-4-5-14-11/h2-6H,1H3,(H2,13,14,15,16). The number of nitrogens with one attached hydrogen (secondary N) is 2. The highest BCUT2D eigenvalue weighted by Gasteiger charge is 2.13. The zero-order chi connectivity index (χ0) is 12.3. The van der Waals surface area contributed by atoms with Gasteiger partial charge in [-0.05, 0) is 18.2 Å². The molecule has 2 N–H and O–H groups in total. The predicted octanol–water partition coefficient (Wildman–Crippen LogP) is 2.32. The summed E-state index contributed by atoms with van der Waals surface area (Å²) in [6.45, 7) is 0. The first kappa shape index (κ1) is 11.5. The van der Waals surface area contributed by atoms with E-state index in [1.54, 1.807) is 30.6 Å². The average Bonchev–Trinajstić information content (AvgIpc) is 2.81.